The van der Waals surface area contributed by atoms with E-state index >= 15 is 0 Å². The fourth-order valence-corrected chi connectivity index (χ4v) is 5.48. The summed E-state index contributed by atoms with van der Waals surface area (Å²) in [5, 5.41) is 16.2. The van der Waals surface area contributed by atoms with Gasteiger partial charge in [-0.3, -0.25) is 5.10 Å². The predicted molar refractivity (Wildman–Crippen MR) is 117 cm³/mol. The van der Waals surface area contributed by atoms with Crippen molar-refractivity contribution in [1.82, 2.24) is 30.3 Å². The molecule has 9 heteroatoms. The number of aromatic amines is 1. The summed E-state index contributed by atoms with van der Waals surface area (Å²) in [4.78, 5) is 13.9. The van der Waals surface area contributed by atoms with Gasteiger partial charge in [0.15, 0.2) is 17.2 Å². The smallest absolute Gasteiger partial charge is 0.185 e. The summed E-state index contributed by atoms with van der Waals surface area (Å²) in [6.07, 6.45) is 8.45. The quantitative estimate of drug-likeness (QED) is 0.466. The minimum Gasteiger partial charge on any atom is -0.367 e. The van der Waals surface area contributed by atoms with Crippen molar-refractivity contribution in [3.63, 3.8) is 0 Å². The molecular formula is C22H22ClN7O. The van der Waals surface area contributed by atoms with E-state index in [1.807, 2.05) is 12.1 Å². The van der Waals surface area contributed by atoms with Crippen LogP contribution in [0.2, 0.25) is 5.02 Å². The maximum absolute atomic E-state index is 6.18. The molecule has 2 unspecified atom stereocenters. The van der Waals surface area contributed by atoms with Crippen molar-refractivity contribution in [3.8, 4) is 23.0 Å². The van der Waals surface area contributed by atoms with E-state index in [0.29, 0.717) is 51.5 Å². The molecule has 0 aromatic carbocycles. The van der Waals surface area contributed by atoms with Gasteiger partial charge in [-0.05, 0) is 49.5 Å². The van der Waals surface area contributed by atoms with Crippen molar-refractivity contribution in [2.75, 3.05) is 5.32 Å². The number of rotatable bonds is 4. The van der Waals surface area contributed by atoms with Gasteiger partial charge in [-0.15, -0.1) is 0 Å². The molecule has 0 radical (unpaired) electrons. The fourth-order valence-electron chi connectivity index (χ4n) is 5.32. The summed E-state index contributed by atoms with van der Waals surface area (Å²) in [5.41, 5.74) is 1.91. The second-order valence-corrected chi connectivity index (χ2v) is 9.10. The first-order valence-electron chi connectivity index (χ1n) is 10.7. The van der Waals surface area contributed by atoms with E-state index in [2.05, 4.69) is 32.6 Å². The highest BCUT2D eigenvalue weighted by molar-refractivity contribution is 6.31. The second-order valence-electron chi connectivity index (χ2n) is 8.67. The molecule has 8 nitrogen and oxygen atoms in total. The van der Waals surface area contributed by atoms with Gasteiger partial charge in [0.05, 0.1) is 16.6 Å². The molecule has 4 heterocycles. The lowest BCUT2D eigenvalue weighted by molar-refractivity contribution is 0.0928. The molecule has 0 saturated heterocycles. The van der Waals surface area contributed by atoms with Crippen LogP contribution in [0, 0.1) is 17.8 Å². The molecule has 2 bridgehead atoms. The maximum atomic E-state index is 6.18. The van der Waals surface area contributed by atoms with Crippen molar-refractivity contribution in [1.29, 1.82) is 0 Å². The van der Waals surface area contributed by atoms with E-state index < -0.39 is 0 Å². The summed E-state index contributed by atoms with van der Waals surface area (Å²) in [5.74, 6) is 3.97. The van der Waals surface area contributed by atoms with Crippen LogP contribution >= 0.6 is 11.6 Å². The highest BCUT2D eigenvalue weighted by Crippen LogP contribution is 2.46. The number of hydrogen-bond acceptors (Lipinski definition) is 7. The van der Waals surface area contributed by atoms with Gasteiger partial charge >= 0.3 is 0 Å². The van der Waals surface area contributed by atoms with Crippen molar-refractivity contribution in [3.05, 3.63) is 35.6 Å². The van der Waals surface area contributed by atoms with Gasteiger partial charge in [0.2, 0.25) is 0 Å². The lowest BCUT2D eigenvalue weighted by Crippen LogP contribution is -2.47. The van der Waals surface area contributed by atoms with Crippen molar-refractivity contribution in [2.45, 2.75) is 38.6 Å². The van der Waals surface area contributed by atoms with Crippen LogP contribution in [0.3, 0.4) is 0 Å². The summed E-state index contributed by atoms with van der Waals surface area (Å²) in [6, 6.07) is 5.96. The molecule has 4 aromatic rings. The Balaban J connectivity index is 1.44. The van der Waals surface area contributed by atoms with Crippen molar-refractivity contribution >= 4 is 28.5 Å². The molecule has 4 aromatic heterocycles. The van der Waals surface area contributed by atoms with Crippen molar-refractivity contribution < 1.29 is 4.52 Å². The number of H-pyrrole nitrogens is 1. The number of anilines is 1. The molecule has 31 heavy (non-hydrogen) atoms. The van der Waals surface area contributed by atoms with E-state index in [9.17, 15) is 0 Å². The van der Waals surface area contributed by atoms with Crippen LogP contribution in [0.5, 0.6) is 0 Å². The van der Waals surface area contributed by atoms with Crippen LogP contribution in [0.1, 0.15) is 32.6 Å². The van der Waals surface area contributed by atoms with Gasteiger partial charge in [-0.25, -0.2) is 15.0 Å². The van der Waals surface area contributed by atoms with Gasteiger partial charge in [0.25, 0.3) is 0 Å². The van der Waals surface area contributed by atoms with E-state index in [1.54, 1.807) is 18.5 Å². The Morgan fingerprint density at radius 3 is 2.74 bits per heavy atom. The highest BCUT2D eigenvalue weighted by atomic mass is 35.5. The fraction of sp³-hybridized carbons (Fsp3) is 0.409. The Kier molecular flexibility index (Phi) is 4.41. The number of aromatic nitrogens is 6. The molecule has 3 aliphatic carbocycles. The summed E-state index contributed by atoms with van der Waals surface area (Å²) in [7, 11) is 0. The average molecular weight is 436 g/mol. The van der Waals surface area contributed by atoms with E-state index in [-0.39, 0.29) is 0 Å². The lowest BCUT2D eigenvalue weighted by Gasteiger charge is -2.47. The molecule has 3 fully saturated rings. The number of nitrogens with one attached hydrogen (secondary N) is 2. The molecule has 3 saturated carbocycles. The van der Waals surface area contributed by atoms with Crippen LogP contribution in [0.4, 0.5) is 5.82 Å². The SMILES string of the molecule is CC1C2CCC(CC2)C1Nc1cc(-c2ccno2)nc(-c2[nH]nc3ncc(Cl)cc23)n1. The predicted octanol–water partition coefficient (Wildman–Crippen LogP) is 4.96. The first-order chi connectivity index (χ1) is 15.2. The number of hydrogen-bond donors (Lipinski definition) is 2. The van der Waals surface area contributed by atoms with Gasteiger partial charge in [0, 0.05) is 24.4 Å². The zero-order valence-electron chi connectivity index (χ0n) is 17.0. The van der Waals surface area contributed by atoms with Crippen LogP contribution < -0.4 is 5.32 Å². The first kappa shape index (κ1) is 18.7. The number of fused-ring (bicyclic) bond motifs is 4. The third-order valence-corrected chi connectivity index (χ3v) is 7.17. The summed E-state index contributed by atoms with van der Waals surface area (Å²) in [6.45, 7) is 2.36. The zero-order chi connectivity index (χ0) is 20.9. The van der Waals surface area contributed by atoms with Crippen LogP contribution in [-0.4, -0.2) is 36.3 Å². The Hall–Kier alpha value is -3.00. The monoisotopic (exact) mass is 435 g/mol. The molecule has 7 rings (SSSR count). The zero-order valence-corrected chi connectivity index (χ0v) is 17.8. The van der Waals surface area contributed by atoms with E-state index in [1.165, 1.54) is 25.7 Å². The largest absolute Gasteiger partial charge is 0.367 e. The Morgan fingerprint density at radius 1 is 1.13 bits per heavy atom. The molecule has 158 valence electrons. The topological polar surface area (TPSA) is 105 Å². The van der Waals surface area contributed by atoms with Gasteiger partial charge in [0.1, 0.15) is 17.2 Å². The maximum Gasteiger partial charge on any atom is 0.185 e. The standard InChI is InChI=1S/C22H22ClN7O/c1-11-12-2-4-13(5-3-12)19(11)27-18-9-16(17-6-7-25-31-17)26-22(28-18)20-15-8-14(23)10-24-21(15)30-29-20/h6-13,19H,2-5H2,1H3,(H,24,29,30)(H,26,27,28). The molecule has 0 spiro atoms. The minimum atomic E-state index is 0.410. The van der Waals surface area contributed by atoms with Gasteiger partial charge < -0.3 is 9.84 Å². The molecule has 2 atom stereocenters. The molecule has 0 aliphatic heterocycles. The Labute approximate surface area is 183 Å². The first-order valence-corrected chi connectivity index (χ1v) is 11.1. The van der Waals surface area contributed by atoms with Crippen LogP contribution in [0.25, 0.3) is 34.0 Å². The minimum absolute atomic E-state index is 0.410. The Bertz CT molecular complexity index is 1230. The molecular weight excluding hydrogens is 414 g/mol. The average Bonchev–Trinajstić information content (AvgIpc) is 3.46. The van der Waals surface area contributed by atoms with Crippen molar-refractivity contribution in [2.24, 2.45) is 17.8 Å². The normalized spacial score (nSPS) is 25.2. The summed E-state index contributed by atoms with van der Waals surface area (Å²) >= 11 is 6.18. The van der Waals surface area contributed by atoms with E-state index in [0.717, 1.165) is 17.1 Å². The third-order valence-electron chi connectivity index (χ3n) is 6.97. The number of pyridine rings is 1. The number of halogens is 1. The second kappa shape index (κ2) is 7.30. The van der Waals surface area contributed by atoms with Gasteiger partial charge in [-0.2, -0.15) is 5.10 Å². The summed E-state index contributed by atoms with van der Waals surface area (Å²) < 4.78 is 5.39. The molecule has 3 aliphatic rings. The lowest BCUT2D eigenvalue weighted by atomic mass is 9.62. The highest BCUT2D eigenvalue weighted by Gasteiger charge is 2.41. The molecule has 0 amide bonds. The van der Waals surface area contributed by atoms with Gasteiger partial charge in [-0.1, -0.05) is 23.7 Å². The number of nitrogens with zero attached hydrogens (tertiary/aromatic N) is 5. The van der Waals surface area contributed by atoms with Crippen LogP contribution in [0.15, 0.2) is 35.1 Å². The van der Waals surface area contributed by atoms with Crippen LogP contribution in [-0.2, 0) is 0 Å². The third kappa shape index (κ3) is 3.26. The Morgan fingerprint density at radius 2 is 1.97 bits per heavy atom. The molecule has 2 N–H and O–H groups in total. The van der Waals surface area contributed by atoms with E-state index in [4.69, 9.17) is 26.1 Å².